The summed E-state index contributed by atoms with van der Waals surface area (Å²) in [5.74, 6) is 0.861. The van der Waals surface area contributed by atoms with E-state index in [0.29, 0.717) is 0 Å². The Balaban J connectivity index is 2.05. The minimum absolute atomic E-state index is 0.232. The maximum absolute atomic E-state index is 5.88. The van der Waals surface area contributed by atoms with Crippen LogP contribution in [0.4, 0.5) is 5.69 Å². The van der Waals surface area contributed by atoms with E-state index in [1.807, 2.05) is 48.5 Å². The lowest BCUT2D eigenvalue weighted by atomic mass is 10.1. The van der Waals surface area contributed by atoms with E-state index in [1.54, 1.807) is 7.11 Å². The Kier molecular flexibility index (Phi) is 4.11. The number of hydrogen-bond acceptors (Lipinski definition) is 2. The molecule has 0 aliphatic heterocycles. The normalized spacial score (nSPS) is 11.9. The van der Waals surface area contributed by atoms with Gasteiger partial charge in [0.2, 0.25) is 0 Å². The van der Waals surface area contributed by atoms with Gasteiger partial charge in [0.25, 0.3) is 0 Å². The molecule has 3 heteroatoms. The lowest BCUT2D eigenvalue weighted by Crippen LogP contribution is -2.06. The number of benzene rings is 2. The predicted molar refractivity (Wildman–Crippen MR) is 76.5 cm³/mol. The lowest BCUT2D eigenvalue weighted by molar-refractivity contribution is 0.415. The number of hydrogen-bond donors (Lipinski definition) is 1. The lowest BCUT2D eigenvalue weighted by Gasteiger charge is -2.16. The quantitative estimate of drug-likeness (QED) is 0.874. The molecule has 2 nitrogen and oxygen atoms in total. The fourth-order valence-electron chi connectivity index (χ4n) is 1.77. The molecule has 1 N–H and O–H groups in total. The summed E-state index contributed by atoms with van der Waals surface area (Å²) in [4.78, 5) is 0. The SMILES string of the molecule is COc1ccc(NC(C)c2ccc(Cl)cc2)cc1. The van der Waals surface area contributed by atoms with Crippen LogP contribution in [0.3, 0.4) is 0 Å². The van der Waals surface area contributed by atoms with Crippen molar-refractivity contribution in [2.24, 2.45) is 0 Å². The van der Waals surface area contributed by atoms with Crippen LogP contribution in [-0.2, 0) is 0 Å². The van der Waals surface area contributed by atoms with Crippen LogP contribution < -0.4 is 10.1 Å². The molecule has 0 saturated heterocycles. The summed E-state index contributed by atoms with van der Waals surface area (Å²) in [5.41, 5.74) is 2.27. The zero-order chi connectivity index (χ0) is 13.0. The average Bonchev–Trinajstić information content (AvgIpc) is 2.40. The van der Waals surface area contributed by atoms with Crippen LogP contribution in [0.25, 0.3) is 0 Å². The van der Waals surface area contributed by atoms with Gasteiger partial charge >= 0.3 is 0 Å². The Morgan fingerprint density at radius 1 is 1.00 bits per heavy atom. The van der Waals surface area contributed by atoms with E-state index in [9.17, 15) is 0 Å². The van der Waals surface area contributed by atoms with Crippen molar-refractivity contribution in [2.45, 2.75) is 13.0 Å². The molecule has 0 spiro atoms. The third-order valence-corrected chi connectivity index (χ3v) is 3.10. The summed E-state index contributed by atoms with van der Waals surface area (Å²) < 4.78 is 5.13. The van der Waals surface area contributed by atoms with E-state index in [-0.39, 0.29) is 6.04 Å². The predicted octanol–water partition coefficient (Wildman–Crippen LogP) is 4.52. The zero-order valence-electron chi connectivity index (χ0n) is 10.5. The molecule has 94 valence electrons. The number of nitrogens with one attached hydrogen (secondary N) is 1. The van der Waals surface area contributed by atoms with Gasteiger partial charge in [0.1, 0.15) is 5.75 Å². The smallest absolute Gasteiger partial charge is 0.119 e. The van der Waals surface area contributed by atoms with Gasteiger partial charge in [-0.2, -0.15) is 0 Å². The van der Waals surface area contributed by atoms with Crippen molar-refractivity contribution >= 4 is 17.3 Å². The highest BCUT2D eigenvalue weighted by Crippen LogP contribution is 2.22. The van der Waals surface area contributed by atoms with Gasteiger partial charge in [0.15, 0.2) is 0 Å². The molecule has 0 saturated carbocycles. The molecule has 1 unspecified atom stereocenters. The Bertz CT molecular complexity index is 493. The molecule has 2 aromatic carbocycles. The minimum atomic E-state index is 0.232. The summed E-state index contributed by atoms with van der Waals surface area (Å²) in [6, 6.07) is 16.0. The summed E-state index contributed by atoms with van der Waals surface area (Å²) in [5, 5.41) is 4.19. The fraction of sp³-hybridized carbons (Fsp3) is 0.200. The summed E-state index contributed by atoms with van der Waals surface area (Å²) >= 11 is 5.88. The molecule has 0 heterocycles. The summed E-state index contributed by atoms with van der Waals surface area (Å²) in [7, 11) is 1.67. The van der Waals surface area contributed by atoms with Gasteiger partial charge < -0.3 is 10.1 Å². The highest BCUT2D eigenvalue weighted by molar-refractivity contribution is 6.30. The van der Waals surface area contributed by atoms with E-state index >= 15 is 0 Å². The van der Waals surface area contributed by atoms with Gasteiger partial charge in [-0.15, -0.1) is 0 Å². The highest BCUT2D eigenvalue weighted by Gasteiger charge is 2.05. The van der Waals surface area contributed by atoms with Crippen molar-refractivity contribution in [3.8, 4) is 5.75 Å². The number of rotatable bonds is 4. The standard InChI is InChI=1S/C15H16ClNO/c1-11(12-3-5-13(16)6-4-12)17-14-7-9-15(18-2)10-8-14/h3-11,17H,1-2H3. The van der Waals surface area contributed by atoms with Gasteiger partial charge in [-0.25, -0.2) is 0 Å². The van der Waals surface area contributed by atoms with Crippen molar-refractivity contribution in [1.29, 1.82) is 0 Å². The molecule has 0 radical (unpaired) electrons. The van der Waals surface area contributed by atoms with E-state index in [2.05, 4.69) is 12.2 Å². The minimum Gasteiger partial charge on any atom is -0.497 e. The molecule has 0 aliphatic rings. The molecule has 2 rings (SSSR count). The molecule has 0 aliphatic carbocycles. The van der Waals surface area contributed by atoms with Crippen molar-refractivity contribution < 1.29 is 4.74 Å². The molecule has 0 fully saturated rings. The van der Waals surface area contributed by atoms with Crippen molar-refractivity contribution in [1.82, 2.24) is 0 Å². The second-order valence-corrected chi connectivity index (χ2v) is 4.58. The van der Waals surface area contributed by atoms with Gasteiger partial charge in [-0.1, -0.05) is 23.7 Å². The molecule has 2 aromatic rings. The van der Waals surface area contributed by atoms with E-state index in [4.69, 9.17) is 16.3 Å². The monoisotopic (exact) mass is 261 g/mol. The van der Waals surface area contributed by atoms with Crippen LogP contribution in [0.5, 0.6) is 5.75 Å². The highest BCUT2D eigenvalue weighted by atomic mass is 35.5. The van der Waals surface area contributed by atoms with Crippen molar-refractivity contribution in [3.63, 3.8) is 0 Å². The molecular formula is C15H16ClNO. The molecule has 18 heavy (non-hydrogen) atoms. The van der Waals surface area contributed by atoms with E-state index < -0.39 is 0 Å². The van der Waals surface area contributed by atoms with Crippen LogP contribution in [0, 0.1) is 0 Å². The maximum atomic E-state index is 5.88. The molecular weight excluding hydrogens is 246 g/mol. The number of anilines is 1. The van der Waals surface area contributed by atoms with Gasteiger partial charge in [0.05, 0.1) is 7.11 Å². The summed E-state index contributed by atoms with van der Waals surface area (Å²) in [6.45, 7) is 2.12. The first-order valence-electron chi connectivity index (χ1n) is 5.85. The first-order chi connectivity index (χ1) is 8.69. The van der Waals surface area contributed by atoms with E-state index in [1.165, 1.54) is 5.56 Å². The molecule has 0 bridgehead atoms. The first kappa shape index (κ1) is 12.8. The zero-order valence-corrected chi connectivity index (χ0v) is 11.2. The third kappa shape index (κ3) is 3.17. The second kappa shape index (κ2) is 5.78. The first-order valence-corrected chi connectivity index (χ1v) is 6.23. The fourth-order valence-corrected chi connectivity index (χ4v) is 1.90. The Labute approximate surface area is 113 Å². The summed E-state index contributed by atoms with van der Waals surface area (Å²) in [6.07, 6.45) is 0. The maximum Gasteiger partial charge on any atom is 0.119 e. The molecule has 1 atom stereocenters. The Morgan fingerprint density at radius 2 is 1.61 bits per heavy atom. The van der Waals surface area contributed by atoms with Gasteiger partial charge in [-0.3, -0.25) is 0 Å². The van der Waals surface area contributed by atoms with Crippen LogP contribution in [0.1, 0.15) is 18.5 Å². The van der Waals surface area contributed by atoms with Crippen LogP contribution in [0.15, 0.2) is 48.5 Å². The van der Waals surface area contributed by atoms with Crippen molar-refractivity contribution in [3.05, 3.63) is 59.1 Å². The Hall–Kier alpha value is -1.67. The topological polar surface area (TPSA) is 21.3 Å². The largest absolute Gasteiger partial charge is 0.497 e. The van der Waals surface area contributed by atoms with Crippen LogP contribution >= 0.6 is 11.6 Å². The van der Waals surface area contributed by atoms with Gasteiger partial charge in [-0.05, 0) is 48.9 Å². The molecule has 0 amide bonds. The second-order valence-electron chi connectivity index (χ2n) is 4.15. The Morgan fingerprint density at radius 3 is 2.17 bits per heavy atom. The number of halogens is 1. The molecule has 0 aromatic heterocycles. The number of ether oxygens (including phenoxy) is 1. The van der Waals surface area contributed by atoms with Gasteiger partial charge in [0, 0.05) is 16.8 Å². The van der Waals surface area contributed by atoms with Crippen LogP contribution in [-0.4, -0.2) is 7.11 Å². The third-order valence-electron chi connectivity index (χ3n) is 2.84. The average molecular weight is 262 g/mol. The van der Waals surface area contributed by atoms with E-state index in [0.717, 1.165) is 16.5 Å². The van der Waals surface area contributed by atoms with Crippen LogP contribution in [0.2, 0.25) is 5.02 Å². The van der Waals surface area contributed by atoms with Crippen molar-refractivity contribution in [2.75, 3.05) is 12.4 Å². The number of methoxy groups -OCH3 is 1.